The monoisotopic (exact) mass is 708 g/mol. The van der Waals surface area contributed by atoms with Crippen LogP contribution in [0.2, 0.25) is 0 Å². The van der Waals surface area contributed by atoms with Gasteiger partial charge in [-0.2, -0.15) is 9.69 Å². The standard InChI is InChI=1S/C39H48N8O3S/c1-8-38(4,5)27-21-22-32(29(25-27)39(6,7)9-2)50-26(3)35(48)40-30-19-13-14-20-31(30)47-36(49)33(34(42-47)45-23-15-16-24-45)51-37-41-43-44-46(37)28-17-11-10-12-18-28/h10-14,17-22,25-26,33H,8-9,15-16,23-24H2,1-7H3,(H,40,48). The maximum absolute atomic E-state index is 14.3. The zero-order valence-electron chi connectivity index (χ0n) is 30.6. The van der Waals surface area contributed by atoms with Crippen molar-refractivity contribution in [3.8, 4) is 11.4 Å². The van der Waals surface area contributed by atoms with Crippen LogP contribution in [0.5, 0.6) is 5.75 Å². The molecular formula is C39H48N8O3S. The van der Waals surface area contributed by atoms with E-state index in [1.165, 1.54) is 22.3 Å². The molecule has 6 rings (SSSR count). The number of benzene rings is 3. The number of carbonyl (C=O) groups excluding carboxylic acids is 2. The second-order valence-electron chi connectivity index (χ2n) is 14.5. The molecule has 268 valence electrons. The first-order valence-electron chi connectivity index (χ1n) is 17.8. The van der Waals surface area contributed by atoms with Crippen molar-refractivity contribution in [3.05, 3.63) is 83.9 Å². The molecule has 4 aromatic rings. The largest absolute Gasteiger partial charge is 0.481 e. The highest BCUT2D eigenvalue weighted by Gasteiger charge is 2.43. The van der Waals surface area contributed by atoms with Gasteiger partial charge in [0, 0.05) is 18.7 Å². The van der Waals surface area contributed by atoms with Gasteiger partial charge in [0.1, 0.15) is 11.6 Å². The SMILES string of the molecule is CCC(C)(C)c1ccc(OC(C)C(=O)Nc2ccccc2N2N=C(N3CCCC3)C(Sc3nnnn3-c3ccccc3)C2=O)c(C(C)(C)CC)c1. The van der Waals surface area contributed by atoms with Crippen LogP contribution in [-0.2, 0) is 20.4 Å². The van der Waals surface area contributed by atoms with E-state index in [4.69, 9.17) is 9.84 Å². The number of tetrazole rings is 1. The van der Waals surface area contributed by atoms with Crippen LogP contribution in [0, 0.1) is 0 Å². The van der Waals surface area contributed by atoms with Gasteiger partial charge in [-0.15, -0.1) is 10.2 Å². The molecule has 1 saturated heterocycles. The van der Waals surface area contributed by atoms with Crippen LogP contribution in [0.1, 0.15) is 85.3 Å². The van der Waals surface area contributed by atoms with Crippen molar-refractivity contribution in [2.45, 2.75) is 101 Å². The Balaban J connectivity index is 1.25. The lowest BCUT2D eigenvalue weighted by molar-refractivity contribution is -0.122. The maximum Gasteiger partial charge on any atom is 0.268 e. The molecule has 0 bridgehead atoms. The second kappa shape index (κ2) is 14.9. The summed E-state index contributed by atoms with van der Waals surface area (Å²) in [7, 11) is 0. The number of hydrogen-bond donors (Lipinski definition) is 1. The van der Waals surface area contributed by atoms with Crippen molar-refractivity contribution in [1.29, 1.82) is 0 Å². The molecule has 12 heteroatoms. The zero-order valence-corrected chi connectivity index (χ0v) is 31.4. The number of ether oxygens (including phenoxy) is 1. The van der Waals surface area contributed by atoms with Crippen molar-refractivity contribution < 1.29 is 14.3 Å². The van der Waals surface area contributed by atoms with Gasteiger partial charge in [0.2, 0.25) is 5.16 Å². The Morgan fingerprint density at radius 2 is 1.65 bits per heavy atom. The molecule has 3 heterocycles. The van der Waals surface area contributed by atoms with E-state index in [1.54, 1.807) is 23.7 Å². The van der Waals surface area contributed by atoms with Gasteiger partial charge in [-0.05, 0) is 89.8 Å². The summed E-state index contributed by atoms with van der Waals surface area (Å²) < 4.78 is 8.04. The van der Waals surface area contributed by atoms with Gasteiger partial charge >= 0.3 is 0 Å². The predicted octanol–water partition coefficient (Wildman–Crippen LogP) is 7.36. The smallest absolute Gasteiger partial charge is 0.268 e. The first-order valence-corrected chi connectivity index (χ1v) is 18.7. The number of aromatic nitrogens is 4. The van der Waals surface area contributed by atoms with Crippen LogP contribution in [0.4, 0.5) is 11.4 Å². The summed E-state index contributed by atoms with van der Waals surface area (Å²) >= 11 is 1.27. The van der Waals surface area contributed by atoms with Gasteiger partial charge in [-0.1, -0.05) is 95.8 Å². The highest BCUT2D eigenvalue weighted by molar-refractivity contribution is 8.01. The lowest BCUT2D eigenvalue weighted by atomic mass is 9.76. The third-order valence-corrected chi connectivity index (χ3v) is 11.4. The average molecular weight is 709 g/mol. The average Bonchev–Trinajstić information content (AvgIpc) is 3.91. The van der Waals surface area contributed by atoms with E-state index in [0.29, 0.717) is 28.1 Å². The van der Waals surface area contributed by atoms with E-state index >= 15 is 0 Å². The molecule has 2 atom stereocenters. The third kappa shape index (κ3) is 7.51. The molecule has 1 fully saturated rings. The van der Waals surface area contributed by atoms with Gasteiger partial charge in [0.25, 0.3) is 11.8 Å². The maximum atomic E-state index is 14.3. The van der Waals surface area contributed by atoms with Crippen molar-refractivity contribution >= 4 is 40.8 Å². The number of amides is 2. The molecule has 0 saturated carbocycles. The van der Waals surface area contributed by atoms with Gasteiger partial charge in [0.15, 0.2) is 11.4 Å². The van der Waals surface area contributed by atoms with Crippen LogP contribution < -0.4 is 15.1 Å². The quantitative estimate of drug-likeness (QED) is 0.162. The van der Waals surface area contributed by atoms with Crippen molar-refractivity contribution in [1.82, 2.24) is 25.1 Å². The summed E-state index contributed by atoms with van der Waals surface area (Å²) in [5.74, 6) is 0.783. The molecule has 0 spiro atoms. The molecular weight excluding hydrogens is 661 g/mol. The van der Waals surface area contributed by atoms with Crippen molar-refractivity contribution in [3.63, 3.8) is 0 Å². The number of para-hydroxylation sites is 3. The number of nitrogens with one attached hydrogen (secondary N) is 1. The number of thioether (sulfide) groups is 1. The molecule has 51 heavy (non-hydrogen) atoms. The summed E-state index contributed by atoms with van der Waals surface area (Å²) in [6.07, 6.45) is 3.15. The fourth-order valence-corrected chi connectivity index (χ4v) is 7.22. The Morgan fingerprint density at radius 3 is 2.35 bits per heavy atom. The lowest BCUT2D eigenvalue weighted by Crippen LogP contribution is -2.38. The molecule has 0 aliphatic carbocycles. The van der Waals surface area contributed by atoms with Crippen LogP contribution >= 0.6 is 11.8 Å². The zero-order chi connectivity index (χ0) is 36.3. The summed E-state index contributed by atoms with van der Waals surface area (Å²) in [6, 6.07) is 23.2. The molecule has 3 aromatic carbocycles. The molecule has 1 aromatic heterocycles. The number of amidine groups is 1. The van der Waals surface area contributed by atoms with E-state index in [-0.39, 0.29) is 22.6 Å². The summed E-state index contributed by atoms with van der Waals surface area (Å²) in [6.45, 7) is 16.6. The minimum absolute atomic E-state index is 0.0158. The Labute approximate surface area is 304 Å². The summed E-state index contributed by atoms with van der Waals surface area (Å²) in [4.78, 5) is 30.2. The van der Waals surface area contributed by atoms with Gasteiger partial charge in [-0.25, -0.2) is 0 Å². The molecule has 0 radical (unpaired) electrons. The van der Waals surface area contributed by atoms with E-state index in [1.807, 2.05) is 48.5 Å². The van der Waals surface area contributed by atoms with E-state index in [0.717, 1.165) is 50.0 Å². The fraction of sp³-hybridized carbons (Fsp3) is 0.436. The third-order valence-electron chi connectivity index (χ3n) is 10.3. The first-order chi connectivity index (χ1) is 24.4. The van der Waals surface area contributed by atoms with Crippen LogP contribution in [0.3, 0.4) is 0 Å². The van der Waals surface area contributed by atoms with Gasteiger partial charge in [-0.3, -0.25) is 9.59 Å². The topological polar surface area (TPSA) is 118 Å². The predicted molar refractivity (Wildman–Crippen MR) is 203 cm³/mol. The highest BCUT2D eigenvalue weighted by Crippen LogP contribution is 2.40. The van der Waals surface area contributed by atoms with Crippen LogP contribution in [0.25, 0.3) is 5.69 Å². The Hall–Kier alpha value is -4.71. The summed E-state index contributed by atoms with van der Waals surface area (Å²) in [5.41, 5.74) is 3.92. The number of hydrogen-bond acceptors (Lipinski definition) is 9. The number of hydrazone groups is 1. The number of anilines is 2. The normalized spacial score (nSPS) is 17.1. The van der Waals surface area contributed by atoms with Crippen LogP contribution in [0.15, 0.2) is 83.1 Å². The Bertz CT molecular complexity index is 1900. The van der Waals surface area contributed by atoms with Gasteiger partial charge in [0.05, 0.1) is 17.1 Å². The minimum Gasteiger partial charge on any atom is -0.481 e. The number of nitrogens with zero attached hydrogens (tertiary/aromatic N) is 7. The van der Waals surface area contributed by atoms with E-state index in [2.05, 4.69) is 79.4 Å². The van der Waals surface area contributed by atoms with Crippen molar-refractivity contribution in [2.24, 2.45) is 5.10 Å². The van der Waals surface area contributed by atoms with Crippen LogP contribution in [-0.4, -0.2) is 67.2 Å². The second-order valence-corrected chi connectivity index (χ2v) is 15.5. The highest BCUT2D eigenvalue weighted by atomic mass is 32.2. The lowest BCUT2D eigenvalue weighted by Gasteiger charge is -2.31. The fourth-order valence-electron chi connectivity index (χ4n) is 6.19. The molecule has 2 aliphatic rings. The first kappa shape index (κ1) is 36.1. The van der Waals surface area contributed by atoms with Gasteiger partial charge < -0.3 is 15.0 Å². The Morgan fingerprint density at radius 1 is 0.961 bits per heavy atom. The molecule has 1 N–H and O–H groups in total. The molecule has 11 nitrogen and oxygen atoms in total. The molecule has 2 unspecified atom stereocenters. The number of carbonyl (C=O) groups is 2. The number of rotatable bonds is 12. The van der Waals surface area contributed by atoms with E-state index in [9.17, 15) is 9.59 Å². The summed E-state index contributed by atoms with van der Waals surface area (Å²) in [5, 5.41) is 21.5. The number of likely N-dealkylation sites (tertiary alicyclic amines) is 1. The molecule has 2 amide bonds. The van der Waals surface area contributed by atoms with Crippen molar-refractivity contribution in [2.75, 3.05) is 23.4 Å². The Kier molecular flexibility index (Phi) is 10.5. The van der Waals surface area contributed by atoms with E-state index < -0.39 is 11.4 Å². The minimum atomic E-state index is -0.812. The molecule has 2 aliphatic heterocycles.